The lowest BCUT2D eigenvalue weighted by Gasteiger charge is -2.30. The van der Waals surface area contributed by atoms with E-state index in [0.29, 0.717) is 18.9 Å². The first-order chi connectivity index (χ1) is 18.2. The van der Waals surface area contributed by atoms with E-state index in [-0.39, 0.29) is 17.9 Å². The second kappa shape index (κ2) is 10.9. The standard InChI is InChI=1S/C25H25F4N5O4/c26-18-10-16(1-2-20(18)38-25(27,28)29)23(21-12-30-14-37-21)33-24(35)34-6-3-17-11-31-22(32-19(17)13-34)9-15-4-7-36-8-5-15/h1-2,10-12,14-15,23H,3-9,13H2,(H,33,35). The monoisotopic (exact) mass is 535 g/mol. The molecule has 0 spiro atoms. The maximum Gasteiger partial charge on any atom is 0.573 e. The van der Waals surface area contributed by atoms with Crippen LogP contribution in [-0.2, 0) is 24.1 Å². The number of carbonyl (C=O) groups excluding carboxylic acids is 1. The number of hydrogen-bond donors (Lipinski definition) is 1. The minimum absolute atomic E-state index is 0.153. The number of benzene rings is 1. The number of ether oxygens (including phenoxy) is 2. The van der Waals surface area contributed by atoms with Crippen LogP contribution in [0.2, 0.25) is 0 Å². The first-order valence-corrected chi connectivity index (χ1v) is 12.2. The number of fused-ring (bicyclic) bond motifs is 1. The molecule has 0 radical (unpaired) electrons. The van der Waals surface area contributed by atoms with Crippen molar-refractivity contribution >= 4 is 6.03 Å². The maximum absolute atomic E-state index is 14.4. The Balaban J connectivity index is 1.30. The molecular formula is C25H25F4N5O4. The van der Waals surface area contributed by atoms with Gasteiger partial charge in [-0.15, -0.1) is 13.2 Å². The van der Waals surface area contributed by atoms with Gasteiger partial charge in [-0.2, -0.15) is 0 Å². The predicted molar refractivity (Wildman–Crippen MR) is 123 cm³/mol. The molecule has 13 heteroatoms. The Morgan fingerprint density at radius 3 is 2.76 bits per heavy atom. The summed E-state index contributed by atoms with van der Waals surface area (Å²) in [7, 11) is 0. The second-order valence-corrected chi connectivity index (χ2v) is 9.21. The number of amides is 2. The third-order valence-corrected chi connectivity index (χ3v) is 6.61. The topological polar surface area (TPSA) is 103 Å². The van der Waals surface area contributed by atoms with E-state index in [9.17, 15) is 22.4 Å². The molecule has 38 heavy (non-hydrogen) atoms. The van der Waals surface area contributed by atoms with Crippen LogP contribution in [-0.4, -0.2) is 52.0 Å². The van der Waals surface area contributed by atoms with Crippen LogP contribution >= 0.6 is 0 Å². The van der Waals surface area contributed by atoms with Crippen molar-refractivity contribution in [2.75, 3.05) is 19.8 Å². The number of hydrogen-bond acceptors (Lipinski definition) is 7. The van der Waals surface area contributed by atoms with Gasteiger partial charge in [-0.3, -0.25) is 0 Å². The number of aromatic nitrogens is 3. The molecule has 202 valence electrons. The highest BCUT2D eigenvalue weighted by Gasteiger charge is 2.33. The van der Waals surface area contributed by atoms with E-state index in [2.05, 4.69) is 20.0 Å². The summed E-state index contributed by atoms with van der Waals surface area (Å²) in [6.07, 6.45) is 2.48. The van der Waals surface area contributed by atoms with Crippen molar-refractivity contribution in [1.82, 2.24) is 25.2 Å². The molecule has 5 rings (SSSR count). The van der Waals surface area contributed by atoms with Crippen LogP contribution in [0.25, 0.3) is 0 Å². The number of oxazole rings is 1. The van der Waals surface area contributed by atoms with Crippen LogP contribution in [0, 0.1) is 11.7 Å². The molecule has 2 aliphatic heterocycles. The van der Waals surface area contributed by atoms with E-state index < -0.39 is 30.0 Å². The van der Waals surface area contributed by atoms with Crippen molar-refractivity contribution in [2.45, 2.75) is 44.6 Å². The largest absolute Gasteiger partial charge is 0.573 e. The number of rotatable bonds is 6. The number of carbonyl (C=O) groups is 1. The Morgan fingerprint density at radius 1 is 1.24 bits per heavy atom. The first kappa shape index (κ1) is 25.9. The van der Waals surface area contributed by atoms with Gasteiger partial charge in [0, 0.05) is 32.4 Å². The molecule has 1 aromatic carbocycles. The lowest BCUT2D eigenvalue weighted by molar-refractivity contribution is -0.275. The summed E-state index contributed by atoms with van der Waals surface area (Å²) in [5.74, 6) is -0.845. The SMILES string of the molecule is O=C(NC(c1ccc(OC(F)(F)F)c(F)c1)c1cnco1)N1CCc2cnc(CC3CCOCC3)nc2C1. The van der Waals surface area contributed by atoms with Gasteiger partial charge in [-0.05, 0) is 48.4 Å². The van der Waals surface area contributed by atoms with Crippen LogP contribution in [0.4, 0.5) is 22.4 Å². The van der Waals surface area contributed by atoms with Gasteiger partial charge in [-0.1, -0.05) is 6.07 Å². The maximum atomic E-state index is 14.4. The summed E-state index contributed by atoms with van der Waals surface area (Å²) < 4.78 is 66.5. The minimum atomic E-state index is -5.04. The second-order valence-electron chi connectivity index (χ2n) is 9.21. The number of urea groups is 1. The Hall–Kier alpha value is -3.74. The first-order valence-electron chi connectivity index (χ1n) is 12.2. The van der Waals surface area contributed by atoms with Gasteiger partial charge in [-0.25, -0.2) is 24.1 Å². The van der Waals surface area contributed by atoms with E-state index in [4.69, 9.17) is 14.1 Å². The molecule has 1 fully saturated rings. The Bertz CT molecular complexity index is 1270. The fourth-order valence-corrected chi connectivity index (χ4v) is 4.63. The number of halogens is 4. The molecule has 0 saturated carbocycles. The molecule has 0 aliphatic carbocycles. The van der Waals surface area contributed by atoms with Gasteiger partial charge in [0.05, 0.1) is 18.4 Å². The van der Waals surface area contributed by atoms with Gasteiger partial charge in [0.2, 0.25) is 0 Å². The molecule has 2 aliphatic rings. The van der Waals surface area contributed by atoms with E-state index in [1.807, 2.05) is 6.20 Å². The smallest absolute Gasteiger partial charge is 0.446 e. The van der Waals surface area contributed by atoms with Crippen molar-refractivity contribution in [1.29, 1.82) is 0 Å². The number of nitrogens with one attached hydrogen (secondary N) is 1. The fourth-order valence-electron chi connectivity index (χ4n) is 4.63. The molecule has 2 aromatic heterocycles. The van der Waals surface area contributed by atoms with E-state index in [1.54, 1.807) is 4.90 Å². The van der Waals surface area contributed by atoms with Gasteiger partial charge in [0.25, 0.3) is 0 Å². The molecule has 1 atom stereocenters. The van der Waals surface area contributed by atoms with E-state index in [0.717, 1.165) is 68.1 Å². The number of nitrogens with zero attached hydrogens (tertiary/aromatic N) is 4. The van der Waals surface area contributed by atoms with Crippen molar-refractivity contribution in [3.63, 3.8) is 0 Å². The third-order valence-electron chi connectivity index (χ3n) is 6.61. The summed E-state index contributed by atoms with van der Waals surface area (Å²) in [6.45, 7) is 2.12. The molecular weight excluding hydrogens is 510 g/mol. The van der Waals surface area contributed by atoms with Crippen LogP contribution in [0.15, 0.2) is 41.4 Å². The van der Waals surface area contributed by atoms with Gasteiger partial charge in [0.1, 0.15) is 11.9 Å². The number of alkyl halides is 3. The molecule has 0 bridgehead atoms. The molecule has 2 amide bonds. The highest BCUT2D eigenvalue weighted by molar-refractivity contribution is 5.75. The third kappa shape index (κ3) is 6.21. The van der Waals surface area contributed by atoms with Crippen molar-refractivity contribution in [3.05, 3.63) is 71.2 Å². The Kier molecular flexibility index (Phi) is 7.45. The summed E-state index contributed by atoms with van der Waals surface area (Å²) in [5.41, 5.74) is 1.89. The van der Waals surface area contributed by atoms with Crippen LogP contribution in [0.1, 0.15) is 47.3 Å². The zero-order valence-corrected chi connectivity index (χ0v) is 20.2. The summed E-state index contributed by atoms with van der Waals surface area (Å²) in [5, 5.41) is 2.78. The van der Waals surface area contributed by atoms with Gasteiger partial charge < -0.3 is 24.1 Å². The highest BCUT2D eigenvalue weighted by Crippen LogP contribution is 2.30. The zero-order valence-electron chi connectivity index (χ0n) is 20.2. The van der Waals surface area contributed by atoms with Gasteiger partial charge >= 0.3 is 12.4 Å². The Labute approximate surface area is 215 Å². The fraction of sp³-hybridized carbons (Fsp3) is 0.440. The average molecular weight is 535 g/mol. The van der Waals surface area contributed by atoms with Crippen LogP contribution < -0.4 is 10.1 Å². The van der Waals surface area contributed by atoms with Crippen LogP contribution in [0.3, 0.4) is 0 Å². The van der Waals surface area contributed by atoms with Crippen molar-refractivity contribution in [3.8, 4) is 5.75 Å². The van der Waals surface area contributed by atoms with Crippen molar-refractivity contribution < 1.29 is 36.2 Å². The van der Waals surface area contributed by atoms with E-state index >= 15 is 0 Å². The lowest BCUT2D eigenvalue weighted by Crippen LogP contribution is -2.44. The minimum Gasteiger partial charge on any atom is -0.446 e. The van der Waals surface area contributed by atoms with Crippen LogP contribution in [0.5, 0.6) is 5.75 Å². The predicted octanol–water partition coefficient (Wildman–Crippen LogP) is 4.33. The summed E-state index contributed by atoms with van der Waals surface area (Å²) in [4.78, 5) is 27.9. The molecule has 3 aromatic rings. The molecule has 1 N–H and O–H groups in total. The summed E-state index contributed by atoms with van der Waals surface area (Å²) in [6, 6.07) is 1.45. The molecule has 1 unspecified atom stereocenters. The zero-order chi connectivity index (χ0) is 26.7. The normalized spacial score (nSPS) is 17.1. The lowest BCUT2D eigenvalue weighted by atomic mass is 9.96. The average Bonchev–Trinajstić information content (AvgIpc) is 3.42. The quantitative estimate of drug-likeness (QED) is 0.469. The molecule has 1 saturated heterocycles. The Morgan fingerprint density at radius 2 is 2.05 bits per heavy atom. The van der Waals surface area contributed by atoms with Crippen molar-refractivity contribution in [2.24, 2.45) is 5.92 Å². The van der Waals surface area contributed by atoms with E-state index in [1.165, 1.54) is 12.3 Å². The molecule has 4 heterocycles. The summed E-state index contributed by atoms with van der Waals surface area (Å²) >= 11 is 0. The van der Waals surface area contributed by atoms with Gasteiger partial charge in [0.15, 0.2) is 23.7 Å². The molecule has 9 nitrogen and oxygen atoms in total. The highest BCUT2D eigenvalue weighted by atomic mass is 19.4.